The van der Waals surface area contributed by atoms with Crippen LogP contribution in [0.4, 0.5) is 15.8 Å². The summed E-state index contributed by atoms with van der Waals surface area (Å²) in [6.07, 6.45) is -0.648. The van der Waals surface area contributed by atoms with Crippen LogP contribution >= 0.6 is 0 Å². The summed E-state index contributed by atoms with van der Waals surface area (Å²) in [5.74, 6) is 0.794. The van der Waals surface area contributed by atoms with Crippen molar-refractivity contribution < 1.29 is 18.7 Å². The van der Waals surface area contributed by atoms with E-state index in [4.69, 9.17) is 15.2 Å². The summed E-state index contributed by atoms with van der Waals surface area (Å²) in [5.41, 5.74) is 6.51. The summed E-state index contributed by atoms with van der Waals surface area (Å²) in [6, 6.07) is 12.0. The zero-order valence-electron chi connectivity index (χ0n) is 14.2. The van der Waals surface area contributed by atoms with E-state index in [-0.39, 0.29) is 18.3 Å². The van der Waals surface area contributed by atoms with Crippen molar-refractivity contribution >= 4 is 17.3 Å². The van der Waals surface area contributed by atoms with Crippen molar-refractivity contribution in [2.75, 3.05) is 43.4 Å². The van der Waals surface area contributed by atoms with Gasteiger partial charge in [-0.05, 0) is 30.3 Å². The molecule has 2 N–H and O–H groups in total. The molecule has 1 saturated heterocycles. The maximum atomic E-state index is 14.1. The highest BCUT2D eigenvalue weighted by Crippen LogP contribution is 2.31. The minimum Gasteiger partial charge on any atom is -0.485 e. The molecule has 1 amide bonds. The molecule has 2 aliphatic rings. The lowest BCUT2D eigenvalue weighted by atomic mass is 10.2. The average molecular weight is 357 g/mol. The minimum absolute atomic E-state index is 0.100. The number of benzene rings is 2. The van der Waals surface area contributed by atoms with Crippen LogP contribution < -0.4 is 20.1 Å². The van der Waals surface area contributed by atoms with E-state index < -0.39 is 6.10 Å². The van der Waals surface area contributed by atoms with Gasteiger partial charge in [-0.2, -0.15) is 0 Å². The van der Waals surface area contributed by atoms with Crippen molar-refractivity contribution in [1.82, 2.24) is 4.90 Å². The van der Waals surface area contributed by atoms with Gasteiger partial charge in [0.2, 0.25) is 6.10 Å². The van der Waals surface area contributed by atoms with Gasteiger partial charge in [-0.3, -0.25) is 4.79 Å². The van der Waals surface area contributed by atoms with E-state index in [1.54, 1.807) is 23.1 Å². The Morgan fingerprint density at radius 3 is 2.54 bits per heavy atom. The van der Waals surface area contributed by atoms with Gasteiger partial charge < -0.3 is 25.0 Å². The second-order valence-corrected chi connectivity index (χ2v) is 6.39. The van der Waals surface area contributed by atoms with E-state index in [9.17, 15) is 9.18 Å². The largest absolute Gasteiger partial charge is 0.485 e. The van der Waals surface area contributed by atoms with Crippen molar-refractivity contribution in [2.24, 2.45) is 0 Å². The van der Waals surface area contributed by atoms with Gasteiger partial charge in [-0.25, -0.2) is 4.39 Å². The number of amides is 1. The first kappa shape index (κ1) is 16.5. The van der Waals surface area contributed by atoms with Crippen LogP contribution in [0.1, 0.15) is 0 Å². The Bertz CT molecular complexity index is 821. The third-order valence-corrected chi connectivity index (χ3v) is 4.69. The molecule has 7 heteroatoms. The lowest BCUT2D eigenvalue weighted by molar-refractivity contribution is -0.141. The second kappa shape index (κ2) is 6.74. The van der Waals surface area contributed by atoms with Gasteiger partial charge in [0.1, 0.15) is 12.4 Å². The molecule has 2 aromatic rings. The van der Waals surface area contributed by atoms with Crippen molar-refractivity contribution in [2.45, 2.75) is 6.10 Å². The molecule has 136 valence electrons. The molecule has 0 radical (unpaired) electrons. The van der Waals surface area contributed by atoms with Crippen molar-refractivity contribution in [3.05, 3.63) is 48.3 Å². The Morgan fingerprint density at radius 2 is 1.81 bits per heavy atom. The van der Waals surface area contributed by atoms with E-state index in [0.29, 0.717) is 49.1 Å². The van der Waals surface area contributed by atoms with Gasteiger partial charge in [0.05, 0.1) is 5.69 Å². The number of nitrogens with two attached hydrogens (primary N) is 1. The molecule has 1 fully saturated rings. The SMILES string of the molecule is Nc1ccc(N2CCN(C(=O)[C@@H]3COc4ccccc4O3)CC2)c(F)c1. The van der Waals surface area contributed by atoms with Gasteiger partial charge in [-0.15, -0.1) is 0 Å². The van der Waals surface area contributed by atoms with E-state index in [0.717, 1.165) is 0 Å². The highest BCUT2D eigenvalue weighted by atomic mass is 19.1. The monoisotopic (exact) mass is 357 g/mol. The van der Waals surface area contributed by atoms with Crippen LogP contribution in [0.25, 0.3) is 0 Å². The number of nitrogens with zero attached hydrogens (tertiary/aromatic N) is 2. The number of piperazine rings is 1. The summed E-state index contributed by atoms with van der Waals surface area (Å²) in [4.78, 5) is 16.4. The fourth-order valence-corrected chi connectivity index (χ4v) is 3.29. The van der Waals surface area contributed by atoms with E-state index in [2.05, 4.69) is 0 Å². The fourth-order valence-electron chi connectivity index (χ4n) is 3.29. The third kappa shape index (κ3) is 3.12. The first-order valence-corrected chi connectivity index (χ1v) is 8.59. The van der Waals surface area contributed by atoms with Crippen LogP contribution in [0, 0.1) is 5.82 Å². The summed E-state index contributed by atoms with van der Waals surface area (Å²) >= 11 is 0. The predicted octanol–water partition coefficient (Wildman–Crippen LogP) is 1.90. The molecule has 0 aromatic heterocycles. The fraction of sp³-hybridized carbons (Fsp3) is 0.316. The quantitative estimate of drug-likeness (QED) is 0.832. The normalized spacial score (nSPS) is 19.3. The number of halogens is 1. The van der Waals surface area contributed by atoms with Crippen molar-refractivity contribution in [1.29, 1.82) is 0 Å². The van der Waals surface area contributed by atoms with Gasteiger partial charge >= 0.3 is 0 Å². The Balaban J connectivity index is 1.38. The number of hydrogen-bond acceptors (Lipinski definition) is 5. The minimum atomic E-state index is -0.648. The Morgan fingerprint density at radius 1 is 1.08 bits per heavy atom. The first-order chi connectivity index (χ1) is 12.6. The third-order valence-electron chi connectivity index (χ3n) is 4.69. The number of carbonyl (C=O) groups is 1. The molecule has 1 atom stereocenters. The molecule has 2 heterocycles. The number of hydrogen-bond donors (Lipinski definition) is 1. The Labute approximate surface area is 150 Å². The highest BCUT2D eigenvalue weighted by molar-refractivity contribution is 5.82. The summed E-state index contributed by atoms with van der Waals surface area (Å²) < 4.78 is 25.5. The van der Waals surface area contributed by atoms with Crippen LogP contribution in [0.2, 0.25) is 0 Å². The molecule has 2 aliphatic heterocycles. The maximum absolute atomic E-state index is 14.1. The highest BCUT2D eigenvalue weighted by Gasteiger charge is 2.33. The molecular formula is C19H20FN3O3. The molecule has 0 bridgehead atoms. The van der Waals surface area contributed by atoms with E-state index in [1.807, 2.05) is 23.1 Å². The number of para-hydroxylation sites is 2. The zero-order valence-corrected chi connectivity index (χ0v) is 14.2. The smallest absolute Gasteiger partial charge is 0.267 e. The predicted molar refractivity (Wildman–Crippen MR) is 96.0 cm³/mol. The number of fused-ring (bicyclic) bond motifs is 1. The number of anilines is 2. The van der Waals surface area contributed by atoms with Crippen molar-refractivity contribution in [3.8, 4) is 11.5 Å². The molecular weight excluding hydrogens is 337 g/mol. The summed E-state index contributed by atoms with van der Waals surface area (Å²) in [6.45, 7) is 2.31. The van der Waals surface area contributed by atoms with E-state index >= 15 is 0 Å². The average Bonchev–Trinajstić information content (AvgIpc) is 2.67. The Hall–Kier alpha value is -2.96. The van der Waals surface area contributed by atoms with Gasteiger partial charge in [0.15, 0.2) is 11.5 Å². The molecule has 4 rings (SSSR count). The van der Waals surface area contributed by atoms with Crippen LogP contribution in [-0.2, 0) is 4.79 Å². The van der Waals surface area contributed by atoms with Crippen LogP contribution in [0.3, 0.4) is 0 Å². The maximum Gasteiger partial charge on any atom is 0.267 e. The lowest BCUT2D eigenvalue weighted by Gasteiger charge is -2.38. The van der Waals surface area contributed by atoms with E-state index in [1.165, 1.54) is 6.07 Å². The molecule has 6 nitrogen and oxygen atoms in total. The molecule has 0 saturated carbocycles. The summed E-state index contributed by atoms with van der Waals surface area (Å²) in [7, 11) is 0. The molecule has 26 heavy (non-hydrogen) atoms. The number of rotatable bonds is 2. The molecule has 2 aromatic carbocycles. The molecule has 0 unspecified atom stereocenters. The number of carbonyl (C=O) groups excluding carboxylic acids is 1. The van der Waals surface area contributed by atoms with Crippen LogP contribution in [0.5, 0.6) is 11.5 Å². The van der Waals surface area contributed by atoms with Gasteiger partial charge in [0, 0.05) is 31.9 Å². The van der Waals surface area contributed by atoms with Crippen molar-refractivity contribution in [3.63, 3.8) is 0 Å². The zero-order chi connectivity index (χ0) is 18.1. The topological polar surface area (TPSA) is 68.0 Å². The van der Waals surface area contributed by atoms with Gasteiger partial charge in [0.25, 0.3) is 5.91 Å². The molecule has 0 spiro atoms. The van der Waals surface area contributed by atoms with Gasteiger partial charge in [-0.1, -0.05) is 12.1 Å². The Kier molecular flexibility index (Phi) is 4.28. The number of ether oxygens (including phenoxy) is 2. The summed E-state index contributed by atoms with van der Waals surface area (Å²) in [5, 5.41) is 0. The molecule has 0 aliphatic carbocycles. The lowest BCUT2D eigenvalue weighted by Crippen LogP contribution is -2.54. The van der Waals surface area contributed by atoms with Crippen LogP contribution in [-0.4, -0.2) is 49.7 Å². The van der Waals surface area contributed by atoms with Crippen LogP contribution in [0.15, 0.2) is 42.5 Å². The first-order valence-electron chi connectivity index (χ1n) is 8.59. The number of nitrogen functional groups attached to an aromatic ring is 1. The standard InChI is InChI=1S/C19H20FN3O3/c20-14-11-13(21)5-6-15(14)22-7-9-23(10-8-22)19(24)18-12-25-16-3-1-2-4-17(16)26-18/h1-6,11,18H,7-10,12,21H2/t18-/m0/s1. The second-order valence-electron chi connectivity index (χ2n) is 6.39.